The van der Waals surface area contributed by atoms with E-state index in [4.69, 9.17) is 5.73 Å². The van der Waals surface area contributed by atoms with E-state index in [0.717, 1.165) is 4.52 Å². The van der Waals surface area contributed by atoms with Crippen LogP contribution in [0.5, 0.6) is 0 Å². The Morgan fingerprint density at radius 1 is 1.14 bits per heavy atom. The van der Waals surface area contributed by atoms with E-state index in [9.17, 15) is 15.3 Å². The molecule has 8 heteroatoms. The molecule has 0 atom stereocenters. The molecule has 0 unspecified atom stereocenters. The molecule has 22 heavy (non-hydrogen) atoms. The van der Waals surface area contributed by atoms with Gasteiger partial charge in [-0.25, -0.2) is 0 Å². The molecule has 0 bridgehead atoms. The van der Waals surface area contributed by atoms with Crippen molar-refractivity contribution in [2.24, 2.45) is 0 Å². The van der Waals surface area contributed by atoms with Gasteiger partial charge in [0.05, 0.1) is 5.56 Å². The number of ketones is 1. The third-order valence-corrected chi connectivity index (χ3v) is 3.16. The van der Waals surface area contributed by atoms with Gasteiger partial charge in [-0.15, -0.1) is 5.10 Å². The molecule has 0 aliphatic heterocycles. The Kier molecular flexibility index (Phi) is 2.98. The largest absolute Gasteiger partial charge is 0.382 e. The lowest BCUT2D eigenvalue weighted by Crippen LogP contribution is -2.13. The number of tetrazole rings is 1. The van der Waals surface area contributed by atoms with Gasteiger partial charge in [0.2, 0.25) is 0 Å². The average molecular weight is 289 g/mol. The number of nitrogens with zero attached hydrogens (tertiary/aromatic N) is 6. The molecule has 0 radical (unpaired) electrons. The minimum atomic E-state index is -0.481. The zero-order chi connectivity index (χ0) is 15.7. The van der Waals surface area contributed by atoms with Crippen LogP contribution in [0.2, 0.25) is 0 Å². The van der Waals surface area contributed by atoms with Crippen LogP contribution in [0, 0.1) is 22.7 Å². The Balaban J connectivity index is 2.41. The Morgan fingerprint density at radius 3 is 2.45 bits per heavy atom. The summed E-state index contributed by atoms with van der Waals surface area (Å²) in [6.45, 7) is 0. The summed E-state index contributed by atoms with van der Waals surface area (Å²) in [6, 6.07) is 12.1. The fourth-order valence-electron chi connectivity index (χ4n) is 2.16. The van der Waals surface area contributed by atoms with Crippen molar-refractivity contribution in [3.05, 3.63) is 52.6 Å². The van der Waals surface area contributed by atoms with Crippen LogP contribution in [0.3, 0.4) is 0 Å². The Hall–Kier alpha value is -3.78. The van der Waals surface area contributed by atoms with Crippen LogP contribution in [0.1, 0.15) is 27.0 Å². The Bertz CT molecular complexity index is 976. The Morgan fingerprint density at radius 2 is 1.82 bits per heavy atom. The number of carbonyl (C=O) groups is 1. The van der Waals surface area contributed by atoms with Crippen LogP contribution >= 0.6 is 0 Å². The first-order chi connectivity index (χ1) is 10.7. The van der Waals surface area contributed by atoms with Gasteiger partial charge in [0.25, 0.3) is 0 Å². The molecule has 0 saturated heterocycles. The highest BCUT2D eigenvalue weighted by molar-refractivity contribution is 6.13. The van der Waals surface area contributed by atoms with E-state index in [1.54, 1.807) is 30.3 Å². The van der Waals surface area contributed by atoms with Crippen molar-refractivity contribution in [3.63, 3.8) is 0 Å². The molecule has 3 aromatic rings. The number of benzene rings is 1. The molecule has 104 valence electrons. The van der Waals surface area contributed by atoms with Crippen molar-refractivity contribution in [3.8, 4) is 12.1 Å². The van der Waals surface area contributed by atoms with Gasteiger partial charge in [0.1, 0.15) is 29.1 Å². The summed E-state index contributed by atoms with van der Waals surface area (Å²) in [4.78, 5) is 12.7. The molecule has 2 heterocycles. The quantitative estimate of drug-likeness (QED) is 0.685. The summed E-state index contributed by atoms with van der Waals surface area (Å²) in [7, 11) is 0. The summed E-state index contributed by atoms with van der Waals surface area (Å²) < 4.78 is 1.07. The minimum absolute atomic E-state index is 0.0401. The molecule has 8 nitrogen and oxygen atoms in total. The van der Waals surface area contributed by atoms with Crippen LogP contribution in [-0.2, 0) is 0 Å². The van der Waals surface area contributed by atoms with E-state index in [-0.39, 0.29) is 28.2 Å². The van der Waals surface area contributed by atoms with Crippen molar-refractivity contribution in [1.82, 2.24) is 20.0 Å². The highest BCUT2D eigenvalue weighted by Gasteiger charge is 2.26. The average Bonchev–Trinajstić information content (AvgIpc) is 3.04. The van der Waals surface area contributed by atoms with Crippen LogP contribution < -0.4 is 5.73 Å². The van der Waals surface area contributed by atoms with Crippen molar-refractivity contribution < 1.29 is 4.79 Å². The number of hydrogen-bond donors (Lipinski definition) is 1. The number of nitriles is 2. The molecule has 0 aliphatic rings. The van der Waals surface area contributed by atoms with E-state index < -0.39 is 5.78 Å². The van der Waals surface area contributed by atoms with E-state index in [0.29, 0.717) is 5.56 Å². The number of pyridine rings is 1. The molecular formula is C14H7N7O. The third-order valence-electron chi connectivity index (χ3n) is 3.16. The molecule has 2 N–H and O–H groups in total. The lowest BCUT2D eigenvalue weighted by molar-refractivity contribution is 0.103. The number of carbonyl (C=O) groups excluding carboxylic acids is 1. The number of fused-ring (bicyclic) bond motifs is 1. The maximum Gasteiger partial charge on any atom is 0.200 e. The standard InChI is InChI=1S/C14H7N7O/c15-6-9-11(12(22)8-4-2-1-3-5-8)10(7-16)14-18-19-20-21(14)13(9)17/h1-5H,17H2. The summed E-state index contributed by atoms with van der Waals surface area (Å²) in [5, 5.41) is 29.5. The normalized spacial score (nSPS) is 10.1. The van der Waals surface area contributed by atoms with Crippen molar-refractivity contribution in [1.29, 1.82) is 10.5 Å². The number of rotatable bonds is 2. The smallest absolute Gasteiger partial charge is 0.200 e. The fourth-order valence-corrected chi connectivity index (χ4v) is 2.16. The van der Waals surface area contributed by atoms with Gasteiger partial charge >= 0.3 is 0 Å². The molecule has 0 spiro atoms. The first kappa shape index (κ1) is 13.2. The van der Waals surface area contributed by atoms with Gasteiger partial charge < -0.3 is 5.73 Å². The SMILES string of the molecule is N#Cc1c(C(=O)c2ccccc2)c(C#N)c2nnnn2c1N. The van der Waals surface area contributed by atoms with Gasteiger partial charge in [-0.05, 0) is 10.4 Å². The van der Waals surface area contributed by atoms with Crippen LogP contribution in [-0.4, -0.2) is 25.8 Å². The second kappa shape index (κ2) is 4.96. The molecule has 0 aliphatic carbocycles. The zero-order valence-electron chi connectivity index (χ0n) is 11.1. The predicted octanol–water partition coefficient (Wildman–Crippen LogP) is 0.681. The maximum absolute atomic E-state index is 12.7. The number of anilines is 1. The van der Waals surface area contributed by atoms with Gasteiger partial charge in [0, 0.05) is 5.56 Å². The number of hydrogen-bond acceptors (Lipinski definition) is 7. The monoisotopic (exact) mass is 289 g/mol. The molecule has 0 saturated carbocycles. The van der Waals surface area contributed by atoms with E-state index >= 15 is 0 Å². The number of aromatic nitrogens is 4. The summed E-state index contributed by atoms with van der Waals surface area (Å²) in [6.07, 6.45) is 0. The third kappa shape index (κ3) is 1.76. The van der Waals surface area contributed by atoms with Crippen LogP contribution in [0.25, 0.3) is 5.65 Å². The van der Waals surface area contributed by atoms with Crippen LogP contribution in [0.15, 0.2) is 30.3 Å². The Labute approximate surface area is 124 Å². The lowest BCUT2D eigenvalue weighted by Gasteiger charge is -2.09. The second-order valence-electron chi connectivity index (χ2n) is 4.34. The molecule has 1 aromatic carbocycles. The highest BCUT2D eigenvalue weighted by Crippen LogP contribution is 2.25. The number of nitrogen functional groups attached to an aromatic ring is 1. The minimum Gasteiger partial charge on any atom is -0.382 e. The van der Waals surface area contributed by atoms with Crippen molar-refractivity contribution in [2.45, 2.75) is 0 Å². The summed E-state index contributed by atoms with van der Waals surface area (Å²) in [5.74, 6) is -0.563. The van der Waals surface area contributed by atoms with Gasteiger partial charge in [0.15, 0.2) is 11.4 Å². The summed E-state index contributed by atoms with van der Waals surface area (Å²) >= 11 is 0. The van der Waals surface area contributed by atoms with Crippen molar-refractivity contribution in [2.75, 3.05) is 5.73 Å². The summed E-state index contributed by atoms with van der Waals surface area (Å²) in [5.41, 5.74) is 5.94. The molecule has 0 amide bonds. The predicted molar refractivity (Wildman–Crippen MR) is 74.5 cm³/mol. The topological polar surface area (TPSA) is 134 Å². The first-order valence-corrected chi connectivity index (χ1v) is 6.12. The molecule has 0 fully saturated rings. The van der Waals surface area contributed by atoms with Gasteiger partial charge in [-0.3, -0.25) is 4.79 Å². The van der Waals surface area contributed by atoms with Crippen LogP contribution in [0.4, 0.5) is 5.82 Å². The van der Waals surface area contributed by atoms with E-state index in [1.807, 2.05) is 12.1 Å². The maximum atomic E-state index is 12.7. The van der Waals surface area contributed by atoms with Gasteiger partial charge in [-0.1, -0.05) is 30.3 Å². The molecular weight excluding hydrogens is 282 g/mol. The molecule has 3 rings (SSSR count). The van der Waals surface area contributed by atoms with E-state index in [2.05, 4.69) is 15.5 Å². The highest BCUT2D eigenvalue weighted by atomic mass is 16.1. The fraction of sp³-hybridized carbons (Fsp3) is 0. The number of nitrogens with two attached hydrogens (primary N) is 1. The van der Waals surface area contributed by atoms with Crippen molar-refractivity contribution >= 4 is 17.2 Å². The first-order valence-electron chi connectivity index (χ1n) is 6.12. The van der Waals surface area contributed by atoms with E-state index in [1.165, 1.54) is 0 Å². The van der Waals surface area contributed by atoms with Gasteiger partial charge in [-0.2, -0.15) is 15.0 Å². The second-order valence-corrected chi connectivity index (χ2v) is 4.34. The molecule has 2 aromatic heterocycles. The zero-order valence-corrected chi connectivity index (χ0v) is 11.1. The lowest BCUT2D eigenvalue weighted by atomic mass is 9.95.